The van der Waals surface area contributed by atoms with E-state index in [2.05, 4.69) is 25.8 Å². The van der Waals surface area contributed by atoms with Gasteiger partial charge in [0.15, 0.2) is 0 Å². The van der Waals surface area contributed by atoms with Crippen LogP contribution in [0.5, 0.6) is 0 Å². The van der Waals surface area contributed by atoms with Crippen LogP contribution in [0.15, 0.2) is 35.4 Å². The van der Waals surface area contributed by atoms with E-state index in [9.17, 15) is 13.2 Å². The molecule has 0 aliphatic rings. The van der Waals surface area contributed by atoms with Crippen LogP contribution in [0.4, 0.5) is 0 Å². The van der Waals surface area contributed by atoms with Gasteiger partial charge in [0.2, 0.25) is 10.0 Å². The molecule has 0 bridgehead atoms. The normalized spacial score (nSPS) is 13.5. The molecule has 0 fully saturated rings. The Kier molecular flexibility index (Phi) is 5.36. The van der Waals surface area contributed by atoms with Gasteiger partial charge in [0.1, 0.15) is 4.88 Å². The standard InChI is InChI=1S/C17H23N3O3S2/c1-11(12-6-8-13(9-7-12)25(18,22)23)20(5)15(21)14-10-19-16(24-14)17(2,3)4/h6-11H,1-5H3,(H2,18,22,23)/t11-/m1/s1. The fourth-order valence-corrected chi connectivity index (χ4v) is 3.70. The average molecular weight is 382 g/mol. The molecule has 1 aromatic heterocycles. The maximum absolute atomic E-state index is 12.7. The smallest absolute Gasteiger partial charge is 0.265 e. The van der Waals surface area contributed by atoms with Crippen LogP contribution in [0, 0.1) is 0 Å². The third-order valence-corrected chi connectivity index (χ3v) is 6.29. The fraction of sp³-hybridized carbons (Fsp3) is 0.412. The number of primary sulfonamides is 1. The molecule has 1 heterocycles. The van der Waals surface area contributed by atoms with Crippen molar-refractivity contribution >= 4 is 27.3 Å². The number of hydrogen-bond donors (Lipinski definition) is 1. The summed E-state index contributed by atoms with van der Waals surface area (Å²) < 4.78 is 22.7. The molecular formula is C17H23N3O3S2. The van der Waals surface area contributed by atoms with Crippen molar-refractivity contribution in [1.82, 2.24) is 9.88 Å². The number of sulfonamides is 1. The fourth-order valence-electron chi connectivity index (χ4n) is 2.23. The van der Waals surface area contributed by atoms with Gasteiger partial charge in [-0.1, -0.05) is 32.9 Å². The van der Waals surface area contributed by atoms with Crippen LogP contribution in [0.1, 0.15) is 54.0 Å². The highest BCUT2D eigenvalue weighted by Gasteiger charge is 2.24. The van der Waals surface area contributed by atoms with E-state index in [0.717, 1.165) is 10.6 Å². The lowest BCUT2D eigenvalue weighted by molar-refractivity contribution is 0.0747. The zero-order valence-electron chi connectivity index (χ0n) is 15.0. The van der Waals surface area contributed by atoms with E-state index in [0.29, 0.717) is 4.88 Å². The third-order valence-electron chi connectivity index (χ3n) is 3.95. The zero-order chi connectivity index (χ0) is 19.0. The Hall–Kier alpha value is -1.77. The number of nitrogens with two attached hydrogens (primary N) is 1. The summed E-state index contributed by atoms with van der Waals surface area (Å²) in [5.74, 6) is -0.115. The summed E-state index contributed by atoms with van der Waals surface area (Å²) in [5, 5.41) is 6.02. The van der Waals surface area contributed by atoms with E-state index in [4.69, 9.17) is 5.14 Å². The summed E-state index contributed by atoms with van der Waals surface area (Å²) in [5.41, 5.74) is 0.723. The molecule has 0 aliphatic heterocycles. The van der Waals surface area contributed by atoms with Crippen molar-refractivity contribution in [2.24, 2.45) is 5.14 Å². The number of rotatable bonds is 4. The second kappa shape index (κ2) is 6.86. The first-order valence-electron chi connectivity index (χ1n) is 7.77. The maximum Gasteiger partial charge on any atom is 0.265 e. The minimum atomic E-state index is -3.72. The Morgan fingerprint density at radius 3 is 2.24 bits per heavy atom. The molecule has 2 N–H and O–H groups in total. The van der Waals surface area contributed by atoms with Crippen molar-refractivity contribution < 1.29 is 13.2 Å². The molecule has 0 saturated carbocycles. The summed E-state index contributed by atoms with van der Waals surface area (Å²) in [4.78, 5) is 19.3. The van der Waals surface area contributed by atoms with Gasteiger partial charge in [0, 0.05) is 12.5 Å². The lowest BCUT2D eigenvalue weighted by Gasteiger charge is -2.25. The zero-order valence-corrected chi connectivity index (χ0v) is 16.6. The quantitative estimate of drug-likeness (QED) is 0.881. The Bertz CT molecular complexity index is 865. The summed E-state index contributed by atoms with van der Waals surface area (Å²) in [7, 11) is -2.00. The molecular weight excluding hydrogens is 358 g/mol. The Labute approximate surface area is 152 Å². The van der Waals surface area contributed by atoms with Crippen molar-refractivity contribution in [2.45, 2.75) is 44.0 Å². The van der Waals surface area contributed by atoms with E-state index in [1.807, 2.05) is 6.92 Å². The SMILES string of the molecule is C[C@H](c1ccc(S(N)(=O)=O)cc1)N(C)C(=O)c1cnc(C(C)(C)C)s1. The molecule has 0 saturated heterocycles. The van der Waals surface area contributed by atoms with E-state index in [1.165, 1.54) is 23.5 Å². The number of benzene rings is 1. The second-order valence-electron chi connectivity index (χ2n) is 6.99. The van der Waals surface area contributed by atoms with Crippen LogP contribution in [0.3, 0.4) is 0 Å². The van der Waals surface area contributed by atoms with Gasteiger partial charge in [-0.2, -0.15) is 0 Å². The van der Waals surface area contributed by atoms with Gasteiger partial charge in [0.25, 0.3) is 5.91 Å². The van der Waals surface area contributed by atoms with Crippen molar-refractivity contribution in [1.29, 1.82) is 0 Å². The number of aromatic nitrogens is 1. The lowest BCUT2D eigenvalue weighted by Crippen LogP contribution is -2.29. The van der Waals surface area contributed by atoms with E-state index >= 15 is 0 Å². The Morgan fingerprint density at radius 2 is 1.80 bits per heavy atom. The van der Waals surface area contributed by atoms with Crippen molar-refractivity contribution in [3.63, 3.8) is 0 Å². The molecule has 6 nitrogen and oxygen atoms in total. The topological polar surface area (TPSA) is 93.4 Å². The molecule has 0 unspecified atom stereocenters. The Morgan fingerprint density at radius 1 is 1.24 bits per heavy atom. The largest absolute Gasteiger partial charge is 0.334 e. The minimum Gasteiger partial charge on any atom is -0.334 e. The molecule has 136 valence electrons. The highest BCUT2D eigenvalue weighted by Crippen LogP contribution is 2.29. The number of nitrogens with zero attached hydrogens (tertiary/aromatic N) is 2. The molecule has 2 rings (SSSR count). The first-order chi connectivity index (χ1) is 11.4. The van der Waals surface area contributed by atoms with Gasteiger partial charge in [-0.15, -0.1) is 11.3 Å². The molecule has 0 aliphatic carbocycles. The monoisotopic (exact) mass is 381 g/mol. The third kappa shape index (κ3) is 4.45. The van der Waals surface area contributed by atoms with Crippen LogP contribution in [-0.4, -0.2) is 31.3 Å². The first kappa shape index (κ1) is 19.6. The van der Waals surface area contributed by atoms with Crippen LogP contribution in [0.25, 0.3) is 0 Å². The molecule has 1 amide bonds. The van der Waals surface area contributed by atoms with Crippen LogP contribution in [0.2, 0.25) is 0 Å². The molecule has 0 spiro atoms. The number of hydrogen-bond acceptors (Lipinski definition) is 5. The first-order valence-corrected chi connectivity index (χ1v) is 10.1. The van der Waals surface area contributed by atoms with Crippen LogP contribution < -0.4 is 5.14 Å². The van der Waals surface area contributed by atoms with Gasteiger partial charge < -0.3 is 4.90 Å². The van der Waals surface area contributed by atoms with E-state index in [-0.39, 0.29) is 22.3 Å². The molecule has 2 aromatic rings. The van der Waals surface area contributed by atoms with E-state index in [1.54, 1.807) is 30.3 Å². The van der Waals surface area contributed by atoms with Gasteiger partial charge >= 0.3 is 0 Å². The second-order valence-corrected chi connectivity index (χ2v) is 9.58. The van der Waals surface area contributed by atoms with Gasteiger partial charge in [-0.3, -0.25) is 4.79 Å². The summed E-state index contributed by atoms with van der Waals surface area (Å²) >= 11 is 1.40. The number of carbonyl (C=O) groups excluding carboxylic acids is 1. The van der Waals surface area contributed by atoms with Crippen molar-refractivity contribution in [3.05, 3.63) is 45.9 Å². The van der Waals surface area contributed by atoms with Crippen LogP contribution in [-0.2, 0) is 15.4 Å². The molecule has 8 heteroatoms. The highest BCUT2D eigenvalue weighted by atomic mass is 32.2. The summed E-state index contributed by atoms with van der Waals surface area (Å²) in [6.07, 6.45) is 1.61. The van der Waals surface area contributed by atoms with Crippen molar-refractivity contribution in [3.8, 4) is 0 Å². The number of carbonyl (C=O) groups is 1. The van der Waals surface area contributed by atoms with Crippen LogP contribution >= 0.6 is 11.3 Å². The molecule has 0 radical (unpaired) electrons. The predicted molar refractivity (Wildman–Crippen MR) is 99.1 cm³/mol. The summed E-state index contributed by atoms with van der Waals surface area (Å²) in [6, 6.07) is 6.01. The van der Waals surface area contributed by atoms with Gasteiger partial charge in [-0.05, 0) is 24.6 Å². The van der Waals surface area contributed by atoms with Crippen molar-refractivity contribution in [2.75, 3.05) is 7.05 Å². The number of amides is 1. The van der Waals surface area contributed by atoms with E-state index < -0.39 is 10.0 Å². The van der Waals surface area contributed by atoms with Gasteiger partial charge in [-0.25, -0.2) is 18.5 Å². The predicted octanol–water partition coefficient (Wildman–Crippen LogP) is 2.92. The summed E-state index contributed by atoms with van der Waals surface area (Å²) in [6.45, 7) is 8.05. The lowest BCUT2D eigenvalue weighted by atomic mass is 9.98. The molecule has 1 aromatic carbocycles. The highest BCUT2D eigenvalue weighted by molar-refractivity contribution is 7.89. The Balaban J connectivity index is 2.20. The van der Waals surface area contributed by atoms with Gasteiger partial charge in [0.05, 0.1) is 22.1 Å². The maximum atomic E-state index is 12.7. The number of thiazole rings is 1. The minimum absolute atomic E-state index is 0.0507. The average Bonchev–Trinajstić information content (AvgIpc) is 3.02. The molecule has 1 atom stereocenters. The molecule has 25 heavy (non-hydrogen) atoms.